The quantitative estimate of drug-likeness (QED) is 0.665. The van der Waals surface area contributed by atoms with Crippen molar-refractivity contribution >= 4 is 40.7 Å². The molecular formula is C20H21Cl2NO3. The number of carbonyl (C=O) groups excluding carboxylic acids is 2. The summed E-state index contributed by atoms with van der Waals surface area (Å²) < 4.78 is 5.01. The predicted molar refractivity (Wildman–Crippen MR) is 103 cm³/mol. The molecule has 3 rings (SSSR count). The molecule has 1 aromatic carbocycles. The maximum atomic E-state index is 13.0. The Morgan fingerprint density at radius 2 is 1.92 bits per heavy atom. The summed E-state index contributed by atoms with van der Waals surface area (Å²) in [5.41, 5.74) is 2.63. The second-order valence-corrected chi connectivity index (χ2v) is 8.52. The zero-order chi connectivity index (χ0) is 19.2. The number of rotatable bonds is 2. The average Bonchev–Trinajstić information content (AvgIpc) is 2.54. The van der Waals surface area contributed by atoms with Crippen molar-refractivity contribution in [2.45, 2.75) is 39.5 Å². The minimum Gasteiger partial charge on any atom is -0.468 e. The number of hydrogen-bond acceptors (Lipinski definition) is 4. The van der Waals surface area contributed by atoms with E-state index < -0.39 is 17.8 Å². The van der Waals surface area contributed by atoms with E-state index >= 15 is 0 Å². The third-order valence-corrected chi connectivity index (χ3v) is 5.80. The van der Waals surface area contributed by atoms with E-state index in [1.54, 1.807) is 12.1 Å². The van der Waals surface area contributed by atoms with Crippen LogP contribution in [0.4, 0.5) is 0 Å². The molecule has 26 heavy (non-hydrogen) atoms. The first-order valence-electron chi connectivity index (χ1n) is 8.49. The van der Waals surface area contributed by atoms with Gasteiger partial charge in [-0.15, -0.1) is 0 Å². The lowest BCUT2D eigenvalue weighted by Gasteiger charge is -2.38. The highest BCUT2D eigenvalue weighted by molar-refractivity contribution is 6.42. The van der Waals surface area contributed by atoms with Gasteiger partial charge in [0.05, 0.1) is 17.2 Å². The number of allylic oxidation sites excluding steroid dienone is 2. The minimum atomic E-state index is -0.652. The van der Waals surface area contributed by atoms with E-state index in [2.05, 4.69) is 18.8 Å². The van der Waals surface area contributed by atoms with Crippen molar-refractivity contribution in [2.75, 3.05) is 7.11 Å². The molecule has 4 nitrogen and oxygen atoms in total. The van der Waals surface area contributed by atoms with Gasteiger partial charge in [-0.1, -0.05) is 43.1 Å². The summed E-state index contributed by atoms with van der Waals surface area (Å²) in [7, 11) is 1.34. The third kappa shape index (κ3) is 3.33. The standard InChI is InChI=1S/C20H21Cl2NO3/c1-10-16(19(25)26-4)17(11-5-6-12(21)13(22)7-11)18-14(23-10)8-20(2,3)9-15(18)24/h5-7,16-17H,8-9H2,1-4H3/t16?,17-/m1/s1. The van der Waals surface area contributed by atoms with Gasteiger partial charge in [-0.2, -0.15) is 0 Å². The first kappa shape index (κ1) is 19.1. The zero-order valence-electron chi connectivity index (χ0n) is 15.2. The van der Waals surface area contributed by atoms with Gasteiger partial charge in [0.2, 0.25) is 0 Å². The van der Waals surface area contributed by atoms with Crippen LogP contribution in [-0.4, -0.2) is 24.6 Å². The molecule has 138 valence electrons. The molecule has 0 saturated carbocycles. The predicted octanol–water partition coefficient (Wildman–Crippen LogP) is 4.98. The van der Waals surface area contributed by atoms with E-state index in [-0.39, 0.29) is 11.2 Å². The van der Waals surface area contributed by atoms with Crippen molar-refractivity contribution in [3.8, 4) is 0 Å². The molecule has 0 aromatic heterocycles. The summed E-state index contributed by atoms with van der Waals surface area (Å²) in [4.78, 5) is 30.2. The van der Waals surface area contributed by atoms with E-state index in [0.717, 1.165) is 11.3 Å². The van der Waals surface area contributed by atoms with Crippen LogP contribution in [-0.2, 0) is 14.3 Å². The molecule has 1 aromatic rings. The molecule has 2 atom stereocenters. The van der Waals surface area contributed by atoms with Crippen LogP contribution < -0.4 is 0 Å². The Morgan fingerprint density at radius 3 is 2.54 bits per heavy atom. The van der Waals surface area contributed by atoms with Crippen molar-refractivity contribution in [1.82, 2.24) is 0 Å². The average molecular weight is 394 g/mol. The Morgan fingerprint density at radius 1 is 1.23 bits per heavy atom. The van der Waals surface area contributed by atoms with Crippen molar-refractivity contribution in [3.63, 3.8) is 0 Å². The Bertz CT molecular complexity index is 855. The Kier molecular flexibility index (Phi) is 5.02. The number of benzene rings is 1. The lowest BCUT2D eigenvalue weighted by molar-refractivity contribution is -0.143. The number of Topliss-reactive ketones (excluding diaryl/α,β-unsaturated/α-hetero) is 1. The van der Waals surface area contributed by atoms with Gasteiger partial charge in [-0.25, -0.2) is 0 Å². The van der Waals surface area contributed by atoms with Crippen molar-refractivity contribution < 1.29 is 14.3 Å². The Hall–Kier alpha value is -1.65. The first-order valence-corrected chi connectivity index (χ1v) is 9.24. The number of methoxy groups -OCH3 is 1. The van der Waals surface area contributed by atoms with Crippen molar-refractivity contribution in [1.29, 1.82) is 0 Å². The largest absolute Gasteiger partial charge is 0.468 e. The maximum Gasteiger partial charge on any atom is 0.315 e. The summed E-state index contributed by atoms with van der Waals surface area (Å²) in [6, 6.07) is 5.22. The van der Waals surface area contributed by atoms with Gasteiger partial charge in [0, 0.05) is 29.3 Å². The zero-order valence-corrected chi connectivity index (χ0v) is 16.7. The molecule has 2 aliphatic rings. The molecular weight excluding hydrogens is 373 g/mol. The van der Waals surface area contributed by atoms with Gasteiger partial charge in [0.1, 0.15) is 5.92 Å². The van der Waals surface area contributed by atoms with Gasteiger partial charge in [0.15, 0.2) is 5.78 Å². The van der Waals surface area contributed by atoms with Crippen LogP contribution >= 0.6 is 23.2 Å². The van der Waals surface area contributed by atoms with Crippen LogP contribution in [0.15, 0.2) is 34.5 Å². The summed E-state index contributed by atoms with van der Waals surface area (Å²) >= 11 is 12.3. The molecule has 1 unspecified atom stereocenters. The number of hydrogen-bond donors (Lipinski definition) is 0. The number of esters is 1. The molecule has 1 heterocycles. The van der Waals surface area contributed by atoms with Crippen molar-refractivity contribution in [3.05, 3.63) is 45.1 Å². The molecule has 6 heteroatoms. The normalized spacial score (nSPS) is 24.8. The fourth-order valence-electron chi connectivity index (χ4n) is 3.94. The van der Waals surface area contributed by atoms with Crippen LogP contribution in [0.1, 0.15) is 45.1 Å². The maximum absolute atomic E-state index is 13.0. The minimum absolute atomic E-state index is 0.0254. The highest BCUT2D eigenvalue weighted by Gasteiger charge is 2.45. The van der Waals surface area contributed by atoms with Crippen molar-refractivity contribution in [2.24, 2.45) is 16.3 Å². The molecule has 0 radical (unpaired) electrons. The van der Waals surface area contributed by atoms with Gasteiger partial charge >= 0.3 is 5.97 Å². The molecule has 0 amide bonds. The van der Waals surface area contributed by atoms with Crippen LogP contribution in [0.5, 0.6) is 0 Å². The van der Waals surface area contributed by atoms with Crippen LogP contribution in [0.2, 0.25) is 10.0 Å². The van der Waals surface area contributed by atoms with E-state index in [4.69, 9.17) is 27.9 Å². The number of carbonyl (C=O) groups is 2. The second kappa shape index (κ2) is 6.82. The van der Waals surface area contributed by atoms with Gasteiger partial charge in [-0.3, -0.25) is 14.6 Å². The number of ether oxygens (including phenoxy) is 1. The lowest BCUT2D eigenvalue weighted by atomic mass is 9.67. The molecule has 0 bridgehead atoms. The van der Waals surface area contributed by atoms with E-state index in [0.29, 0.717) is 34.2 Å². The molecule has 1 aliphatic heterocycles. The van der Waals surface area contributed by atoms with E-state index in [1.807, 2.05) is 13.0 Å². The van der Waals surface area contributed by atoms with Crippen LogP contribution in [0, 0.1) is 11.3 Å². The molecule has 0 saturated heterocycles. The van der Waals surface area contributed by atoms with Gasteiger partial charge in [-0.05, 0) is 36.5 Å². The fraction of sp³-hybridized carbons (Fsp3) is 0.450. The first-order chi connectivity index (χ1) is 12.1. The lowest BCUT2D eigenvalue weighted by Crippen LogP contribution is -2.39. The molecule has 0 fully saturated rings. The SMILES string of the molecule is COC(=O)C1C(C)=NC2=C(C(=O)CC(C)(C)C2)[C@@H]1c1ccc(Cl)c(Cl)c1. The summed E-state index contributed by atoms with van der Waals surface area (Å²) in [6.07, 6.45) is 1.11. The monoisotopic (exact) mass is 393 g/mol. The highest BCUT2D eigenvalue weighted by atomic mass is 35.5. The number of ketones is 1. The molecule has 0 N–H and O–H groups in total. The summed E-state index contributed by atoms with van der Waals surface area (Å²) in [6.45, 7) is 5.92. The van der Waals surface area contributed by atoms with E-state index in [9.17, 15) is 9.59 Å². The fourth-order valence-corrected chi connectivity index (χ4v) is 4.25. The molecule has 0 spiro atoms. The highest BCUT2D eigenvalue weighted by Crippen LogP contribution is 2.48. The summed E-state index contributed by atoms with van der Waals surface area (Å²) in [5, 5.41) is 0.815. The number of halogens is 2. The van der Waals surface area contributed by atoms with Gasteiger partial charge in [0.25, 0.3) is 0 Å². The van der Waals surface area contributed by atoms with Crippen LogP contribution in [0.3, 0.4) is 0 Å². The van der Waals surface area contributed by atoms with Crippen LogP contribution in [0.25, 0.3) is 0 Å². The third-order valence-electron chi connectivity index (χ3n) is 5.06. The summed E-state index contributed by atoms with van der Waals surface area (Å²) in [5.74, 6) is -1.50. The Labute approximate surface area is 163 Å². The van der Waals surface area contributed by atoms with E-state index in [1.165, 1.54) is 7.11 Å². The topological polar surface area (TPSA) is 55.7 Å². The van der Waals surface area contributed by atoms with Gasteiger partial charge < -0.3 is 4.74 Å². The Balaban J connectivity index is 2.21. The number of aliphatic imine (C=N–C) groups is 1. The second-order valence-electron chi connectivity index (χ2n) is 7.71. The smallest absolute Gasteiger partial charge is 0.315 e. The molecule has 1 aliphatic carbocycles. The number of nitrogens with zero attached hydrogens (tertiary/aromatic N) is 1.